The summed E-state index contributed by atoms with van der Waals surface area (Å²) in [6.07, 6.45) is -0.111. The Morgan fingerprint density at radius 2 is 1.90 bits per heavy atom. The minimum atomic E-state index is -0.335. The van der Waals surface area contributed by atoms with E-state index in [2.05, 4.69) is 34.3 Å². The molecule has 30 heavy (non-hydrogen) atoms. The van der Waals surface area contributed by atoms with E-state index in [4.69, 9.17) is 9.47 Å². The molecule has 1 aliphatic rings. The van der Waals surface area contributed by atoms with Gasteiger partial charge in [0.15, 0.2) is 0 Å². The fourth-order valence-corrected chi connectivity index (χ4v) is 3.75. The zero-order chi connectivity index (χ0) is 20.9. The standard InChI is InChI=1S/C24H27N3O3/c1-18-14-19(2)27(25-18)22-10-8-21(9-11-22)24(28)30-17-23-16-26(12-13-29-23)15-20-6-4-3-5-7-20/h3-11,14,23H,12-13,15-17H2,1-2H3. The maximum absolute atomic E-state index is 12.5. The van der Waals surface area contributed by atoms with E-state index in [1.807, 2.05) is 42.8 Å². The van der Waals surface area contributed by atoms with Gasteiger partial charge in [0, 0.05) is 25.3 Å². The van der Waals surface area contributed by atoms with E-state index < -0.39 is 0 Å². The van der Waals surface area contributed by atoms with Crippen LogP contribution in [0.1, 0.15) is 27.3 Å². The van der Waals surface area contributed by atoms with Crippen LogP contribution in [0.2, 0.25) is 0 Å². The Hall–Kier alpha value is -2.96. The highest BCUT2D eigenvalue weighted by molar-refractivity contribution is 5.89. The topological polar surface area (TPSA) is 56.6 Å². The number of aryl methyl sites for hydroxylation is 2. The molecule has 1 saturated heterocycles. The fraction of sp³-hybridized carbons (Fsp3) is 0.333. The Bertz CT molecular complexity index is 983. The van der Waals surface area contributed by atoms with Gasteiger partial charge in [-0.05, 0) is 49.7 Å². The zero-order valence-electron chi connectivity index (χ0n) is 17.5. The van der Waals surface area contributed by atoms with Crippen LogP contribution in [-0.4, -0.2) is 53.1 Å². The second-order valence-electron chi connectivity index (χ2n) is 7.70. The molecule has 0 amide bonds. The maximum Gasteiger partial charge on any atom is 0.338 e. The van der Waals surface area contributed by atoms with Crippen molar-refractivity contribution < 1.29 is 14.3 Å². The first kappa shape index (κ1) is 20.3. The van der Waals surface area contributed by atoms with Gasteiger partial charge in [-0.1, -0.05) is 30.3 Å². The first-order valence-corrected chi connectivity index (χ1v) is 10.3. The van der Waals surface area contributed by atoms with Crippen LogP contribution in [0, 0.1) is 13.8 Å². The molecule has 1 fully saturated rings. The Kier molecular flexibility index (Phi) is 6.26. The van der Waals surface area contributed by atoms with Crippen molar-refractivity contribution in [1.82, 2.24) is 14.7 Å². The summed E-state index contributed by atoms with van der Waals surface area (Å²) in [6, 6.07) is 19.7. The smallest absolute Gasteiger partial charge is 0.338 e. The molecule has 0 aliphatic carbocycles. The van der Waals surface area contributed by atoms with Gasteiger partial charge in [-0.2, -0.15) is 5.10 Å². The number of ether oxygens (including phenoxy) is 2. The summed E-state index contributed by atoms with van der Waals surface area (Å²) in [5.74, 6) is -0.335. The van der Waals surface area contributed by atoms with Crippen LogP contribution in [0.5, 0.6) is 0 Å². The molecule has 156 valence electrons. The van der Waals surface area contributed by atoms with Gasteiger partial charge >= 0.3 is 5.97 Å². The first-order valence-electron chi connectivity index (χ1n) is 10.3. The molecule has 0 spiro atoms. The Balaban J connectivity index is 1.30. The molecule has 0 saturated carbocycles. The van der Waals surface area contributed by atoms with Crippen molar-refractivity contribution in [3.8, 4) is 5.69 Å². The molecule has 2 aromatic carbocycles. The molecule has 6 nitrogen and oxygen atoms in total. The summed E-state index contributed by atoms with van der Waals surface area (Å²) in [5.41, 5.74) is 4.74. The SMILES string of the molecule is Cc1cc(C)n(-c2ccc(C(=O)OCC3CN(Cc4ccccc4)CCO3)cc2)n1. The van der Waals surface area contributed by atoms with Crippen LogP contribution < -0.4 is 0 Å². The molecule has 2 heterocycles. The van der Waals surface area contributed by atoms with E-state index in [1.165, 1.54) is 5.56 Å². The van der Waals surface area contributed by atoms with Gasteiger partial charge in [0.25, 0.3) is 0 Å². The molecule has 0 bridgehead atoms. The molecule has 4 rings (SSSR count). The van der Waals surface area contributed by atoms with Crippen LogP contribution in [0.15, 0.2) is 60.7 Å². The third kappa shape index (κ3) is 4.96. The van der Waals surface area contributed by atoms with Crippen molar-refractivity contribution in [3.63, 3.8) is 0 Å². The minimum Gasteiger partial charge on any atom is -0.459 e. The average molecular weight is 405 g/mol. The second kappa shape index (κ2) is 9.24. The number of carbonyl (C=O) groups is 1. The zero-order valence-corrected chi connectivity index (χ0v) is 17.5. The van der Waals surface area contributed by atoms with Gasteiger partial charge in [-0.25, -0.2) is 9.48 Å². The van der Waals surface area contributed by atoms with Gasteiger partial charge in [-0.15, -0.1) is 0 Å². The van der Waals surface area contributed by atoms with E-state index in [-0.39, 0.29) is 18.7 Å². The van der Waals surface area contributed by atoms with E-state index in [9.17, 15) is 4.79 Å². The Morgan fingerprint density at radius 1 is 1.13 bits per heavy atom. The molecule has 1 unspecified atom stereocenters. The largest absolute Gasteiger partial charge is 0.459 e. The number of carbonyl (C=O) groups excluding carboxylic acids is 1. The summed E-state index contributed by atoms with van der Waals surface area (Å²) in [4.78, 5) is 14.8. The summed E-state index contributed by atoms with van der Waals surface area (Å²) in [5, 5.41) is 4.47. The molecule has 0 N–H and O–H groups in total. The fourth-order valence-electron chi connectivity index (χ4n) is 3.75. The quantitative estimate of drug-likeness (QED) is 0.587. The van der Waals surface area contributed by atoms with Crippen molar-refractivity contribution in [1.29, 1.82) is 0 Å². The van der Waals surface area contributed by atoms with Crippen molar-refractivity contribution in [2.45, 2.75) is 26.5 Å². The maximum atomic E-state index is 12.5. The molecule has 1 aliphatic heterocycles. The number of esters is 1. The van der Waals surface area contributed by atoms with Crippen LogP contribution in [0.4, 0.5) is 0 Å². The first-order chi connectivity index (χ1) is 14.6. The molecular weight excluding hydrogens is 378 g/mol. The number of morpholine rings is 1. The number of nitrogens with zero attached hydrogens (tertiary/aromatic N) is 3. The van der Waals surface area contributed by atoms with Crippen molar-refractivity contribution in [2.24, 2.45) is 0 Å². The van der Waals surface area contributed by atoms with Gasteiger partial charge in [0.05, 0.1) is 23.6 Å². The van der Waals surface area contributed by atoms with Crippen LogP contribution in [0.25, 0.3) is 5.69 Å². The highest BCUT2D eigenvalue weighted by Crippen LogP contribution is 2.15. The predicted octanol–water partition coefficient (Wildman–Crippen LogP) is 3.55. The number of benzene rings is 2. The molecule has 1 aromatic heterocycles. The van der Waals surface area contributed by atoms with E-state index in [0.29, 0.717) is 12.2 Å². The summed E-state index contributed by atoms with van der Waals surface area (Å²) in [7, 11) is 0. The van der Waals surface area contributed by atoms with Crippen LogP contribution >= 0.6 is 0 Å². The Labute approximate surface area is 177 Å². The van der Waals surface area contributed by atoms with E-state index >= 15 is 0 Å². The lowest BCUT2D eigenvalue weighted by Crippen LogP contribution is -2.44. The van der Waals surface area contributed by atoms with Crippen molar-refractivity contribution >= 4 is 5.97 Å². The van der Waals surface area contributed by atoms with Crippen LogP contribution in [-0.2, 0) is 16.0 Å². The average Bonchev–Trinajstić information content (AvgIpc) is 3.11. The molecule has 0 radical (unpaired) electrons. The lowest BCUT2D eigenvalue weighted by molar-refractivity contribution is -0.0612. The predicted molar refractivity (Wildman–Crippen MR) is 115 cm³/mol. The molecule has 1 atom stereocenters. The Morgan fingerprint density at radius 3 is 2.60 bits per heavy atom. The van der Waals surface area contributed by atoms with E-state index in [0.717, 1.165) is 36.7 Å². The second-order valence-corrected chi connectivity index (χ2v) is 7.70. The minimum absolute atomic E-state index is 0.111. The number of aromatic nitrogens is 2. The third-order valence-electron chi connectivity index (χ3n) is 5.23. The number of hydrogen-bond donors (Lipinski definition) is 0. The van der Waals surface area contributed by atoms with Crippen LogP contribution in [0.3, 0.4) is 0 Å². The van der Waals surface area contributed by atoms with Gasteiger partial charge < -0.3 is 9.47 Å². The third-order valence-corrected chi connectivity index (χ3v) is 5.23. The highest BCUT2D eigenvalue weighted by Gasteiger charge is 2.22. The summed E-state index contributed by atoms with van der Waals surface area (Å²) < 4.78 is 13.2. The normalized spacial score (nSPS) is 17.1. The van der Waals surface area contributed by atoms with Gasteiger partial charge in [-0.3, -0.25) is 4.90 Å². The summed E-state index contributed by atoms with van der Waals surface area (Å²) in [6.45, 7) is 7.38. The lowest BCUT2D eigenvalue weighted by Gasteiger charge is -2.32. The molecule has 3 aromatic rings. The highest BCUT2D eigenvalue weighted by atomic mass is 16.6. The van der Waals surface area contributed by atoms with Gasteiger partial charge in [0.1, 0.15) is 12.7 Å². The molecular formula is C24H27N3O3. The lowest BCUT2D eigenvalue weighted by atomic mass is 10.2. The van der Waals surface area contributed by atoms with Crippen molar-refractivity contribution in [2.75, 3.05) is 26.3 Å². The number of hydrogen-bond acceptors (Lipinski definition) is 5. The number of rotatable bonds is 6. The van der Waals surface area contributed by atoms with Crippen molar-refractivity contribution in [3.05, 3.63) is 83.2 Å². The molecule has 6 heteroatoms. The summed E-state index contributed by atoms with van der Waals surface area (Å²) >= 11 is 0. The monoisotopic (exact) mass is 405 g/mol. The van der Waals surface area contributed by atoms with Gasteiger partial charge in [0.2, 0.25) is 0 Å². The van der Waals surface area contributed by atoms with E-state index in [1.54, 1.807) is 12.1 Å².